The molecule has 3 aliphatic carbocycles. The average Bonchev–Trinajstić information content (AvgIpc) is 3.74. The number of benzene rings is 4. The van der Waals surface area contributed by atoms with Gasteiger partial charge in [-0.3, -0.25) is 4.57 Å². The van der Waals surface area contributed by atoms with Gasteiger partial charge in [0.05, 0.1) is 0 Å². The Balaban J connectivity index is 1.26. The molecule has 3 saturated carbocycles. The van der Waals surface area contributed by atoms with Crippen LogP contribution in [0, 0.1) is 5.92 Å². The van der Waals surface area contributed by atoms with Gasteiger partial charge in [0.25, 0.3) is 0 Å². The van der Waals surface area contributed by atoms with Crippen molar-refractivity contribution in [1.82, 2.24) is 9.55 Å². The molecule has 8 rings (SSSR count). The SMILES string of the molecule is CCc1cccc(CC)c1-c1ccc(-n2ccnc2-c2cc(-c3c(C4CCCC4)cccc3C3CCCC3)ccc2C2(C)C[C@@H]2CC)cc1. The van der Waals surface area contributed by atoms with Crippen molar-refractivity contribution in [3.05, 3.63) is 119 Å². The second-order valence-electron chi connectivity index (χ2n) is 15.6. The lowest BCUT2D eigenvalue weighted by molar-refractivity contribution is 0.643. The molecular formula is C47H54N2. The number of imidazole rings is 1. The minimum Gasteiger partial charge on any atom is -0.300 e. The zero-order valence-electron chi connectivity index (χ0n) is 30.3. The van der Waals surface area contributed by atoms with Crippen molar-refractivity contribution in [2.45, 2.75) is 122 Å². The summed E-state index contributed by atoms with van der Waals surface area (Å²) < 4.78 is 2.34. The second kappa shape index (κ2) is 13.4. The molecule has 0 spiro atoms. The van der Waals surface area contributed by atoms with Crippen LogP contribution in [0.5, 0.6) is 0 Å². The average molecular weight is 647 g/mol. The monoisotopic (exact) mass is 646 g/mol. The number of hydrogen-bond donors (Lipinski definition) is 0. The van der Waals surface area contributed by atoms with Crippen LogP contribution in [0.1, 0.15) is 132 Å². The molecule has 0 amide bonds. The standard InChI is InChI=1S/C47H54N2/c1-5-32-18-12-19-33(6-2)44(32)36-22-25-39(26-23-36)49-29-28-48-46(49)42-30-37(24-27-43(42)47(4)31-38(47)7-3)45-40(34-14-8-9-15-34)20-13-21-41(45)35-16-10-11-17-35/h12-13,18-30,34-35,38H,5-11,14-17,31H2,1-4H3/t38-,47?/m0/s1. The van der Waals surface area contributed by atoms with E-state index in [4.69, 9.17) is 4.98 Å². The maximum absolute atomic E-state index is 5.15. The van der Waals surface area contributed by atoms with Crippen LogP contribution in [0.4, 0.5) is 0 Å². The van der Waals surface area contributed by atoms with Crippen LogP contribution < -0.4 is 0 Å². The van der Waals surface area contributed by atoms with Crippen molar-refractivity contribution in [2.75, 3.05) is 0 Å². The quantitative estimate of drug-likeness (QED) is 0.148. The zero-order chi connectivity index (χ0) is 33.5. The fourth-order valence-electron chi connectivity index (χ4n) is 9.95. The van der Waals surface area contributed by atoms with E-state index >= 15 is 0 Å². The lowest BCUT2D eigenvalue weighted by atomic mass is 9.80. The molecule has 0 N–H and O–H groups in total. The van der Waals surface area contributed by atoms with Crippen LogP contribution in [0.3, 0.4) is 0 Å². The van der Waals surface area contributed by atoms with Crippen molar-refractivity contribution in [3.63, 3.8) is 0 Å². The highest BCUT2D eigenvalue weighted by Crippen LogP contribution is 2.58. The van der Waals surface area contributed by atoms with Gasteiger partial charge in [0.2, 0.25) is 0 Å². The first-order valence-corrected chi connectivity index (χ1v) is 19.6. The van der Waals surface area contributed by atoms with Gasteiger partial charge in [-0.15, -0.1) is 0 Å². The molecule has 3 fully saturated rings. The van der Waals surface area contributed by atoms with E-state index in [9.17, 15) is 0 Å². The molecule has 2 nitrogen and oxygen atoms in total. The van der Waals surface area contributed by atoms with Crippen LogP contribution >= 0.6 is 0 Å². The number of hydrogen-bond acceptors (Lipinski definition) is 1. The summed E-state index contributed by atoms with van der Waals surface area (Å²) in [5.41, 5.74) is 15.9. The van der Waals surface area contributed by atoms with Gasteiger partial charge in [0.1, 0.15) is 5.82 Å². The van der Waals surface area contributed by atoms with Crippen molar-refractivity contribution < 1.29 is 0 Å². The number of rotatable bonds is 10. The Morgan fingerprint density at radius 1 is 0.694 bits per heavy atom. The molecule has 4 aromatic carbocycles. The zero-order valence-corrected chi connectivity index (χ0v) is 30.3. The molecule has 1 aromatic heterocycles. The molecule has 0 saturated heterocycles. The van der Waals surface area contributed by atoms with Crippen LogP contribution in [0.25, 0.3) is 39.3 Å². The molecule has 0 radical (unpaired) electrons. The van der Waals surface area contributed by atoms with Crippen molar-refractivity contribution in [2.24, 2.45) is 5.92 Å². The third-order valence-corrected chi connectivity index (χ3v) is 12.9. The van der Waals surface area contributed by atoms with E-state index in [0.29, 0.717) is 11.8 Å². The lowest BCUT2D eigenvalue weighted by Crippen LogP contribution is -2.10. The van der Waals surface area contributed by atoms with E-state index in [0.717, 1.165) is 24.6 Å². The van der Waals surface area contributed by atoms with E-state index in [1.807, 2.05) is 6.20 Å². The third-order valence-electron chi connectivity index (χ3n) is 12.9. The molecule has 2 heteroatoms. The van der Waals surface area contributed by atoms with E-state index in [-0.39, 0.29) is 5.41 Å². The summed E-state index contributed by atoms with van der Waals surface area (Å²) in [6.45, 7) is 9.39. The first-order valence-electron chi connectivity index (χ1n) is 19.6. The van der Waals surface area contributed by atoms with Crippen LogP contribution in [-0.4, -0.2) is 9.55 Å². The fourth-order valence-corrected chi connectivity index (χ4v) is 9.95. The van der Waals surface area contributed by atoms with E-state index in [1.165, 1.54) is 109 Å². The Kier molecular flexibility index (Phi) is 8.85. The topological polar surface area (TPSA) is 17.8 Å². The summed E-state index contributed by atoms with van der Waals surface area (Å²) in [4.78, 5) is 5.15. The Labute approximate surface area is 295 Å². The minimum atomic E-state index is 0.197. The summed E-state index contributed by atoms with van der Waals surface area (Å²) in [7, 11) is 0. The van der Waals surface area contributed by atoms with Gasteiger partial charge in [0, 0.05) is 23.6 Å². The maximum Gasteiger partial charge on any atom is 0.144 e. The molecule has 5 aromatic rings. The van der Waals surface area contributed by atoms with Gasteiger partial charge < -0.3 is 0 Å². The molecule has 0 aliphatic heterocycles. The summed E-state index contributed by atoms with van der Waals surface area (Å²) in [5.74, 6) is 3.15. The van der Waals surface area contributed by atoms with Crippen LogP contribution in [0.15, 0.2) is 91.3 Å². The van der Waals surface area contributed by atoms with E-state index in [2.05, 4.69) is 117 Å². The Bertz CT molecular complexity index is 1880. The van der Waals surface area contributed by atoms with Gasteiger partial charge in [-0.05, 0) is 136 Å². The van der Waals surface area contributed by atoms with Crippen molar-refractivity contribution >= 4 is 0 Å². The van der Waals surface area contributed by atoms with E-state index in [1.54, 1.807) is 16.7 Å². The molecular weight excluding hydrogens is 593 g/mol. The fraction of sp³-hybridized carbons (Fsp3) is 0.426. The van der Waals surface area contributed by atoms with Crippen molar-refractivity contribution in [3.8, 4) is 39.3 Å². The second-order valence-corrected chi connectivity index (χ2v) is 15.6. The van der Waals surface area contributed by atoms with Gasteiger partial charge in [-0.1, -0.05) is 120 Å². The third kappa shape index (κ3) is 5.80. The minimum absolute atomic E-state index is 0.197. The molecule has 0 bridgehead atoms. The Hall–Kier alpha value is -3.91. The van der Waals surface area contributed by atoms with Gasteiger partial charge in [0.15, 0.2) is 0 Å². The molecule has 2 atom stereocenters. The highest BCUT2D eigenvalue weighted by molar-refractivity contribution is 5.80. The first-order chi connectivity index (χ1) is 24.0. The smallest absolute Gasteiger partial charge is 0.144 e. The molecule has 49 heavy (non-hydrogen) atoms. The number of nitrogens with zero attached hydrogens (tertiary/aromatic N) is 2. The summed E-state index contributed by atoms with van der Waals surface area (Å²) in [5, 5.41) is 0. The summed E-state index contributed by atoms with van der Waals surface area (Å²) >= 11 is 0. The largest absolute Gasteiger partial charge is 0.300 e. The van der Waals surface area contributed by atoms with Crippen LogP contribution in [-0.2, 0) is 18.3 Å². The first kappa shape index (κ1) is 32.3. The normalized spacial score (nSPS) is 21.1. The van der Waals surface area contributed by atoms with Crippen molar-refractivity contribution in [1.29, 1.82) is 0 Å². The van der Waals surface area contributed by atoms with Gasteiger partial charge in [-0.25, -0.2) is 4.98 Å². The highest BCUT2D eigenvalue weighted by Gasteiger charge is 2.51. The predicted octanol–water partition coefficient (Wildman–Crippen LogP) is 13.0. The van der Waals surface area contributed by atoms with Gasteiger partial charge in [-0.2, -0.15) is 0 Å². The van der Waals surface area contributed by atoms with Gasteiger partial charge >= 0.3 is 0 Å². The lowest BCUT2D eigenvalue weighted by Gasteiger charge is -2.25. The number of aryl methyl sites for hydroxylation is 2. The Morgan fingerprint density at radius 2 is 1.29 bits per heavy atom. The summed E-state index contributed by atoms with van der Waals surface area (Å²) in [6.07, 6.45) is 19.5. The molecule has 3 aliphatic rings. The Morgan fingerprint density at radius 3 is 1.86 bits per heavy atom. The number of aromatic nitrogens is 2. The highest BCUT2D eigenvalue weighted by atomic mass is 15.1. The molecule has 1 heterocycles. The summed E-state index contributed by atoms with van der Waals surface area (Å²) in [6, 6.07) is 30.9. The molecule has 252 valence electrons. The molecule has 1 unspecified atom stereocenters. The van der Waals surface area contributed by atoms with Crippen LogP contribution in [0.2, 0.25) is 0 Å². The maximum atomic E-state index is 5.15. The predicted molar refractivity (Wildman–Crippen MR) is 207 cm³/mol. The van der Waals surface area contributed by atoms with E-state index < -0.39 is 0 Å².